The van der Waals surface area contributed by atoms with Gasteiger partial charge in [-0.25, -0.2) is 13.8 Å². The molecule has 7 heteroatoms. The number of rotatable bonds is 7. The van der Waals surface area contributed by atoms with Crippen LogP contribution in [-0.2, 0) is 14.3 Å². The summed E-state index contributed by atoms with van der Waals surface area (Å²) in [5.41, 5.74) is 1.34. The van der Waals surface area contributed by atoms with Crippen LogP contribution in [-0.4, -0.2) is 41.2 Å². The second-order valence-electron chi connectivity index (χ2n) is 7.49. The lowest BCUT2D eigenvalue weighted by molar-refractivity contribution is -0.135. The fraction of sp³-hybridized carbons (Fsp3) is 0.348. The van der Waals surface area contributed by atoms with Crippen molar-refractivity contribution in [3.63, 3.8) is 0 Å². The first-order valence-electron chi connectivity index (χ1n) is 9.97. The van der Waals surface area contributed by atoms with Gasteiger partial charge in [0.15, 0.2) is 11.9 Å². The Balaban J connectivity index is 1.92. The van der Waals surface area contributed by atoms with Crippen LogP contribution in [0, 0.1) is 5.92 Å². The zero-order chi connectivity index (χ0) is 21.8. The highest BCUT2D eigenvalue weighted by atomic mass is 19.1. The molecule has 3 aromatic rings. The summed E-state index contributed by atoms with van der Waals surface area (Å²) in [7, 11) is 0. The summed E-state index contributed by atoms with van der Waals surface area (Å²) in [5.74, 6) is -1.67. The number of Topliss-reactive ketones (excluding diaryl/α,β-unsaturated/α-hetero) is 1. The first kappa shape index (κ1) is 21.5. The van der Waals surface area contributed by atoms with Crippen molar-refractivity contribution < 1.29 is 23.5 Å². The molecule has 0 radical (unpaired) electrons. The molecule has 0 saturated carbocycles. The van der Waals surface area contributed by atoms with Gasteiger partial charge in [0.05, 0.1) is 17.1 Å². The summed E-state index contributed by atoms with van der Waals surface area (Å²) in [6, 6.07) is 13.9. The molecule has 1 N–H and O–H groups in total. The minimum atomic E-state index is -1.16. The zero-order valence-electron chi connectivity index (χ0n) is 17.2. The smallest absolute Gasteiger partial charge is 0.419 e. The van der Waals surface area contributed by atoms with E-state index in [9.17, 15) is 18.8 Å². The minimum Gasteiger partial charge on any atom is -0.435 e. The van der Waals surface area contributed by atoms with Gasteiger partial charge in [-0.05, 0) is 24.5 Å². The van der Waals surface area contributed by atoms with Crippen LogP contribution in [0.5, 0.6) is 0 Å². The third kappa shape index (κ3) is 4.06. The Kier molecular flexibility index (Phi) is 6.50. The zero-order valence-corrected chi connectivity index (χ0v) is 17.2. The van der Waals surface area contributed by atoms with E-state index in [0.29, 0.717) is 11.0 Å². The highest BCUT2D eigenvalue weighted by Crippen LogP contribution is 2.29. The standard InChI is InChI=1S/C23H25FN2O4/c1-4-17(20(27)13-24)25-22(28)21(14(2)3)30-23(29)26-18-11-7-5-9-15(18)16-10-6-8-12-19(16)26/h5-12,14,17,21H,4,13H2,1-3H3,(H,25,28)/t17?,21-/m0/s1. The minimum absolute atomic E-state index is 0.250. The molecule has 2 aromatic carbocycles. The number of hydrogen-bond acceptors (Lipinski definition) is 4. The Morgan fingerprint density at radius 3 is 2.00 bits per heavy atom. The topological polar surface area (TPSA) is 77.4 Å². The number of carbonyl (C=O) groups excluding carboxylic acids is 3. The van der Waals surface area contributed by atoms with Gasteiger partial charge < -0.3 is 10.1 Å². The van der Waals surface area contributed by atoms with E-state index in [-0.39, 0.29) is 12.3 Å². The van der Waals surface area contributed by atoms with Gasteiger partial charge in [-0.3, -0.25) is 9.59 Å². The molecule has 6 nitrogen and oxygen atoms in total. The van der Waals surface area contributed by atoms with Gasteiger partial charge in [0, 0.05) is 10.8 Å². The molecule has 1 unspecified atom stereocenters. The SMILES string of the molecule is CCC(NC(=O)[C@@H](OC(=O)n1c2ccccc2c2ccccc21)C(C)C)C(=O)CF. The number of alkyl halides is 1. The average molecular weight is 412 g/mol. The Morgan fingerprint density at radius 1 is 1.00 bits per heavy atom. The average Bonchev–Trinajstić information content (AvgIpc) is 3.09. The molecule has 0 bridgehead atoms. The van der Waals surface area contributed by atoms with Crippen molar-refractivity contribution in [3.8, 4) is 0 Å². The number of fused-ring (bicyclic) bond motifs is 3. The maximum atomic E-state index is 13.1. The van der Waals surface area contributed by atoms with Crippen molar-refractivity contribution in [2.75, 3.05) is 6.67 Å². The summed E-state index contributed by atoms with van der Waals surface area (Å²) in [5, 5.41) is 4.31. The number of para-hydroxylation sites is 2. The van der Waals surface area contributed by atoms with Crippen molar-refractivity contribution in [2.45, 2.75) is 39.3 Å². The van der Waals surface area contributed by atoms with Gasteiger partial charge in [0.25, 0.3) is 5.91 Å². The number of aromatic nitrogens is 1. The predicted molar refractivity (Wildman–Crippen MR) is 113 cm³/mol. The molecule has 2 atom stereocenters. The van der Waals surface area contributed by atoms with Crippen molar-refractivity contribution in [3.05, 3.63) is 48.5 Å². The fourth-order valence-corrected chi connectivity index (χ4v) is 3.53. The molecule has 0 spiro atoms. The van der Waals surface area contributed by atoms with Gasteiger partial charge >= 0.3 is 6.09 Å². The van der Waals surface area contributed by atoms with Gasteiger partial charge in [-0.15, -0.1) is 0 Å². The normalized spacial score (nSPS) is 13.4. The number of nitrogens with one attached hydrogen (secondary N) is 1. The first-order chi connectivity index (χ1) is 14.4. The molecule has 0 aliphatic heterocycles. The second kappa shape index (κ2) is 9.07. The molecule has 30 heavy (non-hydrogen) atoms. The Labute approximate surface area is 174 Å². The van der Waals surface area contributed by atoms with E-state index in [1.807, 2.05) is 48.5 Å². The lowest BCUT2D eigenvalue weighted by atomic mass is 10.0. The number of amides is 1. The van der Waals surface area contributed by atoms with Gasteiger partial charge in [-0.2, -0.15) is 0 Å². The summed E-state index contributed by atoms with van der Waals surface area (Å²) in [6.45, 7) is 3.99. The molecular formula is C23H25FN2O4. The van der Waals surface area contributed by atoms with E-state index in [1.54, 1.807) is 20.8 Å². The van der Waals surface area contributed by atoms with Crippen LogP contribution in [0.4, 0.5) is 9.18 Å². The van der Waals surface area contributed by atoms with Crippen LogP contribution in [0.2, 0.25) is 0 Å². The predicted octanol–water partition coefficient (Wildman–Crippen LogP) is 4.24. The van der Waals surface area contributed by atoms with E-state index in [0.717, 1.165) is 10.8 Å². The Morgan fingerprint density at radius 2 is 1.53 bits per heavy atom. The fourth-order valence-electron chi connectivity index (χ4n) is 3.53. The molecule has 0 fully saturated rings. The second-order valence-corrected chi connectivity index (χ2v) is 7.49. The van der Waals surface area contributed by atoms with Crippen LogP contribution in [0.25, 0.3) is 21.8 Å². The summed E-state index contributed by atoms with van der Waals surface area (Å²) >= 11 is 0. The number of ether oxygens (including phenoxy) is 1. The lowest BCUT2D eigenvalue weighted by Gasteiger charge is -2.23. The van der Waals surface area contributed by atoms with E-state index in [1.165, 1.54) is 4.57 Å². The highest BCUT2D eigenvalue weighted by Gasteiger charge is 2.31. The maximum absolute atomic E-state index is 13.1. The number of carbonyl (C=O) groups is 3. The Hall–Kier alpha value is -3.22. The largest absolute Gasteiger partial charge is 0.435 e. The van der Waals surface area contributed by atoms with Crippen LogP contribution in [0.1, 0.15) is 27.2 Å². The number of ketones is 1. The van der Waals surface area contributed by atoms with Gasteiger partial charge in [0.1, 0.15) is 6.67 Å². The van der Waals surface area contributed by atoms with E-state index in [4.69, 9.17) is 4.74 Å². The van der Waals surface area contributed by atoms with Crippen molar-refractivity contribution in [1.82, 2.24) is 9.88 Å². The van der Waals surface area contributed by atoms with Crippen LogP contribution < -0.4 is 5.32 Å². The number of benzene rings is 2. The monoisotopic (exact) mass is 412 g/mol. The van der Waals surface area contributed by atoms with E-state index in [2.05, 4.69) is 5.32 Å². The highest BCUT2D eigenvalue weighted by molar-refractivity contribution is 6.12. The first-order valence-corrected chi connectivity index (χ1v) is 9.97. The summed E-state index contributed by atoms with van der Waals surface area (Å²) < 4.78 is 19.8. The third-order valence-corrected chi connectivity index (χ3v) is 5.10. The maximum Gasteiger partial charge on any atom is 0.419 e. The van der Waals surface area contributed by atoms with Crippen molar-refractivity contribution in [1.29, 1.82) is 0 Å². The molecule has 1 amide bonds. The molecule has 0 aliphatic rings. The molecule has 1 aromatic heterocycles. The Bertz CT molecular complexity index is 1040. The quantitative estimate of drug-likeness (QED) is 0.630. The number of halogens is 1. The molecule has 0 saturated heterocycles. The van der Waals surface area contributed by atoms with Crippen molar-refractivity contribution in [2.24, 2.45) is 5.92 Å². The van der Waals surface area contributed by atoms with Gasteiger partial charge in [0.2, 0.25) is 0 Å². The number of hydrogen-bond donors (Lipinski definition) is 1. The van der Waals surface area contributed by atoms with E-state index >= 15 is 0 Å². The number of nitrogens with zero attached hydrogens (tertiary/aromatic N) is 1. The van der Waals surface area contributed by atoms with Crippen molar-refractivity contribution >= 4 is 39.6 Å². The van der Waals surface area contributed by atoms with E-state index < -0.39 is 36.6 Å². The molecule has 1 heterocycles. The molecule has 158 valence electrons. The molecule has 0 aliphatic carbocycles. The van der Waals surface area contributed by atoms with Gasteiger partial charge in [-0.1, -0.05) is 57.2 Å². The van der Waals surface area contributed by atoms with Crippen LogP contribution >= 0.6 is 0 Å². The molecule has 3 rings (SSSR count). The van der Waals surface area contributed by atoms with Crippen LogP contribution in [0.3, 0.4) is 0 Å². The lowest BCUT2D eigenvalue weighted by Crippen LogP contribution is -2.48. The summed E-state index contributed by atoms with van der Waals surface area (Å²) in [4.78, 5) is 37.5. The third-order valence-electron chi connectivity index (χ3n) is 5.10. The summed E-state index contributed by atoms with van der Waals surface area (Å²) in [6.07, 6.45) is -1.56. The molecular weight excluding hydrogens is 387 g/mol. The van der Waals surface area contributed by atoms with Crippen LogP contribution in [0.15, 0.2) is 48.5 Å².